The zero-order valence-corrected chi connectivity index (χ0v) is 12.6. The van der Waals surface area contributed by atoms with Gasteiger partial charge in [0.15, 0.2) is 0 Å². The summed E-state index contributed by atoms with van der Waals surface area (Å²) < 4.78 is 15.9. The molecule has 2 heterocycles. The lowest BCUT2D eigenvalue weighted by Gasteiger charge is -2.24. The maximum atomic E-state index is 14.3. The SMILES string of the molecule is Fc1cccc(Cl)c1[C@@H]1C=C(c2ccccc2)Nc2nnnn21. The Bertz CT molecular complexity index is 870. The van der Waals surface area contributed by atoms with Gasteiger partial charge in [-0.1, -0.05) is 53.1 Å². The Morgan fingerprint density at radius 3 is 2.70 bits per heavy atom. The van der Waals surface area contributed by atoms with Crippen LogP contribution in [0.1, 0.15) is 17.2 Å². The Balaban J connectivity index is 1.89. The highest BCUT2D eigenvalue weighted by molar-refractivity contribution is 6.31. The van der Waals surface area contributed by atoms with E-state index in [0.717, 1.165) is 11.3 Å². The molecule has 0 aliphatic carbocycles. The van der Waals surface area contributed by atoms with Crippen LogP contribution in [0.3, 0.4) is 0 Å². The number of nitrogens with one attached hydrogen (secondary N) is 1. The molecule has 0 radical (unpaired) electrons. The van der Waals surface area contributed by atoms with E-state index < -0.39 is 11.9 Å². The minimum atomic E-state index is -0.523. The van der Waals surface area contributed by atoms with Crippen LogP contribution in [0.4, 0.5) is 10.3 Å². The highest BCUT2D eigenvalue weighted by Crippen LogP contribution is 2.35. The van der Waals surface area contributed by atoms with E-state index in [4.69, 9.17) is 11.6 Å². The molecular formula is C16H11ClFN5. The molecule has 3 aromatic rings. The largest absolute Gasteiger partial charge is 0.323 e. The molecule has 0 spiro atoms. The lowest BCUT2D eigenvalue weighted by Crippen LogP contribution is -2.21. The number of allylic oxidation sites excluding steroid dienone is 1. The van der Waals surface area contributed by atoms with Crippen LogP contribution in [0.2, 0.25) is 5.02 Å². The van der Waals surface area contributed by atoms with Crippen LogP contribution in [-0.4, -0.2) is 20.2 Å². The maximum absolute atomic E-state index is 14.3. The summed E-state index contributed by atoms with van der Waals surface area (Å²) in [4.78, 5) is 0. The number of rotatable bonds is 2. The van der Waals surface area contributed by atoms with Gasteiger partial charge in [0, 0.05) is 16.3 Å². The fourth-order valence-electron chi connectivity index (χ4n) is 2.64. The van der Waals surface area contributed by atoms with Crippen molar-refractivity contribution in [3.8, 4) is 0 Å². The topological polar surface area (TPSA) is 55.6 Å². The molecule has 0 saturated heterocycles. The molecule has 1 aliphatic heterocycles. The first-order valence-electron chi connectivity index (χ1n) is 7.00. The van der Waals surface area contributed by atoms with E-state index in [2.05, 4.69) is 20.8 Å². The highest BCUT2D eigenvalue weighted by atomic mass is 35.5. The van der Waals surface area contributed by atoms with Crippen LogP contribution in [0, 0.1) is 5.82 Å². The second-order valence-corrected chi connectivity index (χ2v) is 5.51. The Labute approximate surface area is 136 Å². The third-order valence-corrected chi connectivity index (χ3v) is 4.04. The van der Waals surface area contributed by atoms with Gasteiger partial charge in [0.2, 0.25) is 5.95 Å². The molecule has 0 saturated carbocycles. The summed E-state index contributed by atoms with van der Waals surface area (Å²) in [5, 5.41) is 15.1. The maximum Gasteiger partial charge on any atom is 0.248 e. The van der Waals surface area contributed by atoms with Gasteiger partial charge in [0.05, 0.1) is 0 Å². The van der Waals surface area contributed by atoms with E-state index in [9.17, 15) is 4.39 Å². The summed E-state index contributed by atoms with van der Waals surface area (Å²) >= 11 is 6.22. The van der Waals surface area contributed by atoms with Crippen molar-refractivity contribution < 1.29 is 4.39 Å². The third kappa shape index (κ3) is 2.37. The van der Waals surface area contributed by atoms with Crippen molar-refractivity contribution in [1.82, 2.24) is 20.2 Å². The van der Waals surface area contributed by atoms with Gasteiger partial charge < -0.3 is 5.32 Å². The van der Waals surface area contributed by atoms with Crippen LogP contribution in [0.15, 0.2) is 54.6 Å². The Morgan fingerprint density at radius 2 is 1.91 bits per heavy atom. The first kappa shape index (κ1) is 13.9. The molecule has 1 aromatic heterocycles. The number of halogens is 2. The van der Waals surface area contributed by atoms with E-state index in [1.165, 1.54) is 10.7 Å². The predicted molar refractivity (Wildman–Crippen MR) is 85.4 cm³/mol. The molecule has 114 valence electrons. The molecule has 1 N–H and O–H groups in total. The van der Waals surface area contributed by atoms with E-state index in [-0.39, 0.29) is 0 Å². The summed E-state index contributed by atoms with van der Waals surface area (Å²) in [6.45, 7) is 0. The van der Waals surface area contributed by atoms with Gasteiger partial charge in [-0.3, -0.25) is 0 Å². The van der Waals surface area contributed by atoms with E-state index >= 15 is 0 Å². The Hall–Kier alpha value is -2.73. The lowest BCUT2D eigenvalue weighted by atomic mass is 10.0. The zero-order valence-electron chi connectivity index (χ0n) is 11.8. The minimum absolute atomic E-state index is 0.335. The number of aromatic nitrogens is 4. The Morgan fingerprint density at radius 1 is 1.09 bits per heavy atom. The second-order valence-electron chi connectivity index (χ2n) is 5.10. The average molecular weight is 328 g/mol. The zero-order chi connectivity index (χ0) is 15.8. The number of benzene rings is 2. The first-order valence-corrected chi connectivity index (χ1v) is 7.38. The van der Waals surface area contributed by atoms with Crippen molar-refractivity contribution in [2.45, 2.75) is 6.04 Å². The van der Waals surface area contributed by atoms with Gasteiger partial charge in [-0.15, -0.1) is 0 Å². The lowest BCUT2D eigenvalue weighted by molar-refractivity contribution is 0.540. The molecule has 2 aromatic carbocycles. The van der Waals surface area contributed by atoms with Crippen LogP contribution >= 0.6 is 11.6 Å². The van der Waals surface area contributed by atoms with Crippen molar-refractivity contribution >= 4 is 23.2 Å². The summed E-state index contributed by atoms with van der Waals surface area (Å²) in [7, 11) is 0. The normalized spacial score (nSPS) is 16.4. The fourth-order valence-corrected chi connectivity index (χ4v) is 2.91. The van der Waals surface area contributed by atoms with Crippen molar-refractivity contribution in [3.63, 3.8) is 0 Å². The van der Waals surface area contributed by atoms with Crippen LogP contribution < -0.4 is 5.32 Å². The van der Waals surface area contributed by atoms with Crippen LogP contribution in [0.25, 0.3) is 5.70 Å². The van der Waals surface area contributed by atoms with Crippen molar-refractivity contribution in [1.29, 1.82) is 0 Å². The number of fused-ring (bicyclic) bond motifs is 1. The summed E-state index contributed by atoms with van der Waals surface area (Å²) in [6.07, 6.45) is 1.86. The summed E-state index contributed by atoms with van der Waals surface area (Å²) in [5.41, 5.74) is 2.11. The van der Waals surface area contributed by atoms with Crippen molar-refractivity contribution in [3.05, 3.63) is 76.6 Å². The quantitative estimate of drug-likeness (QED) is 0.782. The van der Waals surface area contributed by atoms with Gasteiger partial charge >= 0.3 is 0 Å². The molecule has 1 atom stereocenters. The van der Waals surface area contributed by atoms with E-state index in [0.29, 0.717) is 16.5 Å². The van der Waals surface area contributed by atoms with E-state index in [1.54, 1.807) is 12.1 Å². The molecule has 5 nitrogen and oxygen atoms in total. The van der Waals surface area contributed by atoms with E-state index in [1.807, 2.05) is 36.4 Å². The minimum Gasteiger partial charge on any atom is -0.323 e. The summed E-state index contributed by atoms with van der Waals surface area (Å²) in [6, 6.07) is 13.8. The molecule has 0 bridgehead atoms. The molecule has 0 unspecified atom stereocenters. The van der Waals surface area contributed by atoms with Gasteiger partial charge in [-0.25, -0.2) is 4.39 Å². The molecule has 23 heavy (non-hydrogen) atoms. The smallest absolute Gasteiger partial charge is 0.248 e. The molecule has 1 aliphatic rings. The third-order valence-electron chi connectivity index (χ3n) is 3.71. The average Bonchev–Trinajstić information content (AvgIpc) is 3.04. The van der Waals surface area contributed by atoms with Crippen LogP contribution in [-0.2, 0) is 0 Å². The van der Waals surface area contributed by atoms with Gasteiger partial charge in [-0.2, -0.15) is 4.68 Å². The van der Waals surface area contributed by atoms with Crippen LogP contribution in [0.5, 0.6) is 0 Å². The number of anilines is 1. The highest BCUT2D eigenvalue weighted by Gasteiger charge is 2.27. The predicted octanol–water partition coefficient (Wildman–Crippen LogP) is 3.52. The number of nitrogens with zero attached hydrogens (tertiary/aromatic N) is 4. The number of hydrogen-bond acceptors (Lipinski definition) is 4. The standard InChI is InChI=1S/C16H11ClFN5/c17-11-7-4-8-12(18)15(11)14-9-13(10-5-2-1-3-6-10)19-16-20-21-22-23(14)16/h1-9,14H,(H,19,20,22)/t14-/m0/s1. The summed E-state index contributed by atoms with van der Waals surface area (Å²) in [5.74, 6) is 0.0465. The second kappa shape index (κ2) is 5.48. The monoisotopic (exact) mass is 327 g/mol. The van der Waals surface area contributed by atoms with Crippen molar-refractivity contribution in [2.75, 3.05) is 5.32 Å². The van der Waals surface area contributed by atoms with Crippen molar-refractivity contribution in [2.24, 2.45) is 0 Å². The fraction of sp³-hybridized carbons (Fsp3) is 0.0625. The molecule has 0 fully saturated rings. The van der Waals surface area contributed by atoms with Gasteiger partial charge in [0.25, 0.3) is 0 Å². The molecule has 4 rings (SSSR count). The molecular weight excluding hydrogens is 317 g/mol. The number of hydrogen-bond donors (Lipinski definition) is 1. The van der Waals surface area contributed by atoms with Gasteiger partial charge in [0.1, 0.15) is 11.9 Å². The molecule has 0 amide bonds. The number of tetrazole rings is 1. The van der Waals surface area contributed by atoms with Gasteiger partial charge in [-0.05, 0) is 34.2 Å². The molecule has 7 heteroatoms. The Kier molecular flexibility index (Phi) is 3.31. The first-order chi connectivity index (χ1) is 11.2.